The highest BCUT2D eigenvalue weighted by Gasteiger charge is 2.25. The third-order valence-electron chi connectivity index (χ3n) is 6.51. The zero-order valence-electron chi connectivity index (χ0n) is 18.6. The van der Waals surface area contributed by atoms with E-state index < -0.39 is 0 Å². The molecule has 1 saturated heterocycles. The number of nitrogens with one attached hydrogen (secondary N) is 1. The summed E-state index contributed by atoms with van der Waals surface area (Å²) < 4.78 is 18.4. The highest BCUT2D eigenvalue weighted by molar-refractivity contribution is 5.78. The molecule has 9 nitrogen and oxygen atoms in total. The minimum absolute atomic E-state index is 0.0386. The van der Waals surface area contributed by atoms with Gasteiger partial charge in [-0.3, -0.25) is 4.79 Å². The fourth-order valence-electron chi connectivity index (χ4n) is 4.77. The SMILES string of the molecule is C[C@@H](Cc1ccc2c(c1)OCO2)CN1CCc2nnc(CNC(=O)[C@@H]3CCOC3)n2CC1. The molecule has 3 aliphatic heterocycles. The summed E-state index contributed by atoms with van der Waals surface area (Å²) in [6, 6.07) is 6.23. The molecule has 1 aromatic carbocycles. The van der Waals surface area contributed by atoms with Crippen LogP contribution < -0.4 is 14.8 Å². The maximum atomic E-state index is 12.3. The molecule has 0 bridgehead atoms. The summed E-state index contributed by atoms with van der Waals surface area (Å²) in [5, 5.41) is 11.7. The first-order chi connectivity index (χ1) is 15.7. The zero-order valence-corrected chi connectivity index (χ0v) is 18.6. The molecule has 2 atom stereocenters. The first-order valence-electron chi connectivity index (χ1n) is 11.5. The Morgan fingerprint density at radius 2 is 2.12 bits per heavy atom. The standard InChI is InChI=1S/C23H31N5O4/c1-16(10-17-2-3-19-20(11-17)32-15-31-19)13-27-6-4-21-25-26-22(28(21)8-7-27)12-24-23(29)18-5-9-30-14-18/h2-3,11,16,18H,4-10,12-15H2,1H3,(H,24,29)/t16-,18+/m0/s1. The second-order valence-electron chi connectivity index (χ2n) is 9.01. The number of hydrogen-bond donors (Lipinski definition) is 1. The average Bonchev–Trinajstić information content (AvgIpc) is 3.53. The van der Waals surface area contributed by atoms with Crippen molar-refractivity contribution in [3.8, 4) is 11.5 Å². The molecule has 3 aliphatic rings. The summed E-state index contributed by atoms with van der Waals surface area (Å²) in [6.45, 7) is 8.00. The van der Waals surface area contributed by atoms with Crippen molar-refractivity contribution in [3.05, 3.63) is 35.4 Å². The van der Waals surface area contributed by atoms with Crippen LogP contribution >= 0.6 is 0 Å². The van der Waals surface area contributed by atoms with Gasteiger partial charge in [0.2, 0.25) is 12.7 Å². The number of rotatable bonds is 7. The van der Waals surface area contributed by atoms with Crippen molar-refractivity contribution in [2.24, 2.45) is 11.8 Å². The van der Waals surface area contributed by atoms with Crippen LogP contribution in [0.1, 0.15) is 30.6 Å². The van der Waals surface area contributed by atoms with Gasteiger partial charge in [0.15, 0.2) is 17.3 Å². The summed E-state index contributed by atoms with van der Waals surface area (Å²) in [7, 11) is 0. The van der Waals surface area contributed by atoms with Crippen LogP contribution in [0, 0.1) is 11.8 Å². The summed E-state index contributed by atoms with van der Waals surface area (Å²) in [4.78, 5) is 14.8. The molecular formula is C23H31N5O4. The van der Waals surface area contributed by atoms with Gasteiger partial charge in [-0.2, -0.15) is 0 Å². The summed E-state index contributed by atoms with van der Waals surface area (Å²) in [5.41, 5.74) is 1.28. The molecule has 0 unspecified atom stereocenters. The molecule has 172 valence electrons. The van der Waals surface area contributed by atoms with Gasteiger partial charge in [-0.05, 0) is 36.5 Å². The van der Waals surface area contributed by atoms with E-state index in [4.69, 9.17) is 14.2 Å². The number of carbonyl (C=O) groups excluding carboxylic acids is 1. The minimum atomic E-state index is -0.0386. The second-order valence-corrected chi connectivity index (χ2v) is 9.01. The lowest BCUT2D eigenvalue weighted by Gasteiger charge is -2.24. The van der Waals surface area contributed by atoms with Crippen LogP contribution in [0.25, 0.3) is 0 Å². The van der Waals surface area contributed by atoms with Crippen molar-refractivity contribution in [1.82, 2.24) is 25.0 Å². The van der Waals surface area contributed by atoms with Crippen molar-refractivity contribution in [1.29, 1.82) is 0 Å². The van der Waals surface area contributed by atoms with E-state index in [0.717, 1.165) is 68.6 Å². The number of aromatic nitrogens is 3. The molecule has 1 aromatic heterocycles. The van der Waals surface area contributed by atoms with Gasteiger partial charge in [0.1, 0.15) is 5.82 Å². The summed E-state index contributed by atoms with van der Waals surface area (Å²) >= 11 is 0. The first-order valence-corrected chi connectivity index (χ1v) is 11.5. The summed E-state index contributed by atoms with van der Waals surface area (Å²) in [6.07, 6.45) is 2.67. The number of nitrogens with zero attached hydrogens (tertiary/aromatic N) is 4. The number of amides is 1. The predicted octanol–water partition coefficient (Wildman–Crippen LogP) is 1.40. The van der Waals surface area contributed by atoms with Gasteiger partial charge in [0.05, 0.1) is 19.1 Å². The molecule has 1 N–H and O–H groups in total. The number of hydrogen-bond acceptors (Lipinski definition) is 7. The van der Waals surface area contributed by atoms with E-state index in [1.807, 2.05) is 6.07 Å². The lowest BCUT2D eigenvalue weighted by Crippen LogP contribution is -2.33. The fourth-order valence-corrected chi connectivity index (χ4v) is 4.77. The maximum absolute atomic E-state index is 12.3. The van der Waals surface area contributed by atoms with Gasteiger partial charge in [-0.25, -0.2) is 0 Å². The Kier molecular flexibility index (Phi) is 6.27. The molecule has 4 heterocycles. The van der Waals surface area contributed by atoms with Gasteiger partial charge in [-0.1, -0.05) is 13.0 Å². The van der Waals surface area contributed by atoms with Crippen molar-refractivity contribution >= 4 is 5.91 Å². The van der Waals surface area contributed by atoms with Crippen LogP contribution in [0.5, 0.6) is 11.5 Å². The zero-order chi connectivity index (χ0) is 21.9. The summed E-state index contributed by atoms with van der Waals surface area (Å²) in [5.74, 6) is 4.05. The molecule has 1 fully saturated rings. The topological polar surface area (TPSA) is 90.7 Å². The van der Waals surface area contributed by atoms with Gasteiger partial charge < -0.3 is 29.0 Å². The van der Waals surface area contributed by atoms with Crippen molar-refractivity contribution in [2.75, 3.05) is 39.6 Å². The van der Waals surface area contributed by atoms with Gasteiger partial charge in [0.25, 0.3) is 0 Å². The number of fused-ring (bicyclic) bond motifs is 2. The molecule has 0 radical (unpaired) electrons. The Hall–Kier alpha value is -2.65. The van der Waals surface area contributed by atoms with Crippen LogP contribution in [0.2, 0.25) is 0 Å². The van der Waals surface area contributed by atoms with Crippen LogP contribution in [0.4, 0.5) is 0 Å². The molecule has 9 heteroatoms. The lowest BCUT2D eigenvalue weighted by atomic mass is 10.00. The van der Waals surface area contributed by atoms with Gasteiger partial charge >= 0.3 is 0 Å². The van der Waals surface area contributed by atoms with Crippen LogP contribution in [0.3, 0.4) is 0 Å². The van der Waals surface area contributed by atoms with E-state index in [0.29, 0.717) is 32.5 Å². The van der Waals surface area contributed by atoms with E-state index in [-0.39, 0.29) is 11.8 Å². The highest BCUT2D eigenvalue weighted by Crippen LogP contribution is 2.33. The van der Waals surface area contributed by atoms with Crippen LogP contribution in [0.15, 0.2) is 18.2 Å². The van der Waals surface area contributed by atoms with Crippen LogP contribution in [-0.4, -0.2) is 65.2 Å². The fraction of sp³-hybridized carbons (Fsp3) is 0.609. The van der Waals surface area contributed by atoms with E-state index >= 15 is 0 Å². The molecular weight excluding hydrogens is 410 g/mol. The van der Waals surface area contributed by atoms with E-state index in [2.05, 4.69) is 44.0 Å². The smallest absolute Gasteiger partial charge is 0.231 e. The van der Waals surface area contributed by atoms with Gasteiger partial charge in [0, 0.05) is 39.2 Å². The minimum Gasteiger partial charge on any atom is -0.454 e. The maximum Gasteiger partial charge on any atom is 0.231 e. The second kappa shape index (κ2) is 9.46. The molecule has 5 rings (SSSR count). The average molecular weight is 442 g/mol. The highest BCUT2D eigenvalue weighted by atomic mass is 16.7. The molecule has 32 heavy (non-hydrogen) atoms. The largest absolute Gasteiger partial charge is 0.454 e. The van der Waals surface area contributed by atoms with Gasteiger partial charge in [-0.15, -0.1) is 10.2 Å². The predicted molar refractivity (Wildman–Crippen MR) is 116 cm³/mol. The molecule has 2 aromatic rings. The number of ether oxygens (including phenoxy) is 3. The Morgan fingerprint density at radius 1 is 1.22 bits per heavy atom. The van der Waals surface area contributed by atoms with E-state index in [1.54, 1.807) is 0 Å². The quantitative estimate of drug-likeness (QED) is 0.694. The molecule has 0 saturated carbocycles. The van der Waals surface area contributed by atoms with Crippen molar-refractivity contribution in [2.45, 2.75) is 39.3 Å². The Morgan fingerprint density at radius 3 is 3.00 bits per heavy atom. The molecule has 1 amide bonds. The van der Waals surface area contributed by atoms with Crippen molar-refractivity contribution in [3.63, 3.8) is 0 Å². The Labute approximate surface area is 188 Å². The van der Waals surface area contributed by atoms with Crippen LogP contribution in [-0.2, 0) is 35.5 Å². The van der Waals surface area contributed by atoms with Crippen molar-refractivity contribution < 1.29 is 19.0 Å². The normalized spacial score (nSPS) is 21.2. The number of carbonyl (C=O) groups is 1. The Balaban J connectivity index is 1.12. The lowest BCUT2D eigenvalue weighted by molar-refractivity contribution is -0.125. The number of benzene rings is 1. The molecule has 0 spiro atoms. The monoisotopic (exact) mass is 441 g/mol. The third-order valence-corrected chi connectivity index (χ3v) is 6.51. The van der Waals surface area contributed by atoms with E-state index in [9.17, 15) is 4.79 Å². The Bertz CT molecular complexity index is 956. The molecule has 0 aliphatic carbocycles. The van der Waals surface area contributed by atoms with E-state index in [1.165, 1.54) is 5.56 Å². The first kappa shape index (κ1) is 21.2. The third kappa shape index (κ3) is 4.73.